The van der Waals surface area contributed by atoms with E-state index >= 15 is 0 Å². The Bertz CT molecular complexity index is 863. The summed E-state index contributed by atoms with van der Waals surface area (Å²) in [6, 6.07) is 14.9. The summed E-state index contributed by atoms with van der Waals surface area (Å²) in [5.74, 6) is 1.27. The molecular weight excluding hydrogens is 376 g/mol. The third-order valence-electron chi connectivity index (χ3n) is 4.92. The second-order valence-electron chi connectivity index (χ2n) is 7.09. The van der Waals surface area contributed by atoms with Crippen LogP contribution in [-0.2, 0) is 16.7 Å². The maximum atomic E-state index is 12.2. The van der Waals surface area contributed by atoms with Crippen molar-refractivity contribution in [3.63, 3.8) is 0 Å². The fourth-order valence-electron chi connectivity index (χ4n) is 3.35. The van der Waals surface area contributed by atoms with Crippen molar-refractivity contribution in [2.45, 2.75) is 13.5 Å². The monoisotopic (exact) mass is 404 g/mol. The second kappa shape index (κ2) is 9.41. The van der Waals surface area contributed by atoms with Crippen LogP contribution in [0.4, 0.5) is 0 Å². The summed E-state index contributed by atoms with van der Waals surface area (Å²) in [5.41, 5.74) is 2.41. The first kappa shape index (κ1) is 20.6. The smallest absolute Gasteiger partial charge is 0.310 e. The van der Waals surface area contributed by atoms with E-state index in [4.69, 9.17) is 8.92 Å². The minimum absolute atomic E-state index is 0.00635. The van der Waals surface area contributed by atoms with E-state index in [-0.39, 0.29) is 5.75 Å². The largest absolute Gasteiger partial charge is 0.496 e. The summed E-state index contributed by atoms with van der Waals surface area (Å²) >= 11 is 0. The molecule has 0 aromatic heterocycles. The van der Waals surface area contributed by atoms with Gasteiger partial charge in [0.05, 0.1) is 12.9 Å². The highest BCUT2D eigenvalue weighted by molar-refractivity contribution is 7.87. The first-order valence-electron chi connectivity index (χ1n) is 9.50. The van der Waals surface area contributed by atoms with E-state index in [1.54, 1.807) is 31.4 Å². The van der Waals surface area contributed by atoms with E-state index in [1.807, 2.05) is 12.1 Å². The molecule has 0 N–H and O–H groups in total. The molecule has 152 valence electrons. The fraction of sp³-hybridized carbons (Fsp3) is 0.429. The van der Waals surface area contributed by atoms with Gasteiger partial charge in [-0.05, 0) is 25.1 Å². The Kier molecular flexibility index (Phi) is 6.93. The molecule has 7 heteroatoms. The van der Waals surface area contributed by atoms with Crippen LogP contribution in [0, 0.1) is 6.92 Å². The van der Waals surface area contributed by atoms with Crippen LogP contribution in [0.5, 0.6) is 11.5 Å². The molecule has 0 aliphatic carbocycles. The Morgan fingerprint density at radius 1 is 0.964 bits per heavy atom. The minimum Gasteiger partial charge on any atom is -0.496 e. The molecule has 6 nitrogen and oxygen atoms in total. The third kappa shape index (κ3) is 5.95. The summed E-state index contributed by atoms with van der Waals surface area (Å²) in [4.78, 5) is 4.55. The van der Waals surface area contributed by atoms with Crippen molar-refractivity contribution in [2.24, 2.45) is 0 Å². The molecule has 0 saturated carbocycles. The van der Waals surface area contributed by atoms with Gasteiger partial charge in [0.15, 0.2) is 0 Å². The number of aryl methyl sites for hydroxylation is 1. The Morgan fingerprint density at radius 3 is 2.32 bits per heavy atom. The van der Waals surface area contributed by atoms with Crippen LogP contribution < -0.4 is 8.92 Å². The predicted octanol–water partition coefficient (Wildman–Crippen LogP) is 2.53. The molecule has 0 unspecified atom stereocenters. The molecule has 1 fully saturated rings. The SMILES string of the molecule is COc1ccc(C)cc1CN1CCN(CCS(=O)(=O)Oc2ccccc2)CC1. The van der Waals surface area contributed by atoms with Gasteiger partial charge < -0.3 is 8.92 Å². The summed E-state index contributed by atoms with van der Waals surface area (Å²) in [6.45, 7) is 6.89. The molecule has 0 atom stereocenters. The van der Waals surface area contributed by atoms with Gasteiger partial charge in [-0.25, -0.2) is 0 Å². The van der Waals surface area contributed by atoms with Crippen LogP contribution in [0.2, 0.25) is 0 Å². The summed E-state index contributed by atoms with van der Waals surface area (Å²) < 4.78 is 35.0. The molecular formula is C21H28N2O4S. The highest BCUT2D eigenvalue weighted by atomic mass is 32.2. The fourth-order valence-corrected chi connectivity index (χ4v) is 4.32. The molecule has 28 heavy (non-hydrogen) atoms. The average molecular weight is 405 g/mol. The Morgan fingerprint density at radius 2 is 1.64 bits per heavy atom. The van der Waals surface area contributed by atoms with Crippen molar-refractivity contribution in [2.75, 3.05) is 45.6 Å². The van der Waals surface area contributed by atoms with E-state index in [0.717, 1.165) is 38.5 Å². The number of methoxy groups -OCH3 is 1. The van der Waals surface area contributed by atoms with Crippen LogP contribution in [0.3, 0.4) is 0 Å². The van der Waals surface area contributed by atoms with Crippen LogP contribution >= 0.6 is 0 Å². The lowest BCUT2D eigenvalue weighted by atomic mass is 10.1. The maximum absolute atomic E-state index is 12.2. The molecule has 2 aromatic rings. The van der Waals surface area contributed by atoms with Crippen LogP contribution in [0.15, 0.2) is 48.5 Å². The number of nitrogens with zero attached hydrogens (tertiary/aromatic N) is 2. The number of para-hydroxylation sites is 1. The first-order chi connectivity index (χ1) is 13.4. The molecule has 0 radical (unpaired) electrons. The van der Waals surface area contributed by atoms with Crippen molar-refractivity contribution >= 4 is 10.1 Å². The average Bonchev–Trinajstić information content (AvgIpc) is 2.68. The lowest BCUT2D eigenvalue weighted by molar-refractivity contribution is 0.131. The zero-order chi connectivity index (χ0) is 20.0. The van der Waals surface area contributed by atoms with E-state index in [9.17, 15) is 8.42 Å². The van der Waals surface area contributed by atoms with Gasteiger partial charge in [-0.15, -0.1) is 0 Å². The van der Waals surface area contributed by atoms with Crippen molar-refractivity contribution in [3.05, 3.63) is 59.7 Å². The van der Waals surface area contributed by atoms with Gasteiger partial charge in [-0.1, -0.05) is 35.9 Å². The van der Waals surface area contributed by atoms with E-state index in [1.165, 1.54) is 11.1 Å². The molecule has 1 aliphatic heterocycles. The first-order valence-corrected chi connectivity index (χ1v) is 11.1. The van der Waals surface area contributed by atoms with Crippen molar-refractivity contribution in [1.82, 2.24) is 9.80 Å². The molecule has 1 aliphatic rings. The van der Waals surface area contributed by atoms with E-state index in [0.29, 0.717) is 12.3 Å². The van der Waals surface area contributed by atoms with Crippen molar-refractivity contribution < 1.29 is 17.3 Å². The van der Waals surface area contributed by atoms with E-state index < -0.39 is 10.1 Å². The second-order valence-corrected chi connectivity index (χ2v) is 8.78. The topological polar surface area (TPSA) is 59.1 Å². The number of hydrogen-bond donors (Lipinski definition) is 0. The molecule has 1 saturated heterocycles. The Labute approximate surface area is 167 Å². The van der Waals surface area contributed by atoms with Crippen molar-refractivity contribution in [3.8, 4) is 11.5 Å². The highest BCUT2D eigenvalue weighted by Gasteiger charge is 2.21. The highest BCUT2D eigenvalue weighted by Crippen LogP contribution is 2.22. The normalized spacial score (nSPS) is 16.1. The van der Waals surface area contributed by atoms with E-state index in [2.05, 4.69) is 28.9 Å². The van der Waals surface area contributed by atoms with Crippen LogP contribution in [0.25, 0.3) is 0 Å². The van der Waals surface area contributed by atoms with Crippen molar-refractivity contribution in [1.29, 1.82) is 0 Å². The van der Waals surface area contributed by atoms with Crippen LogP contribution in [0.1, 0.15) is 11.1 Å². The number of benzene rings is 2. The molecule has 0 amide bonds. The molecule has 2 aromatic carbocycles. The van der Waals surface area contributed by atoms with Gasteiger partial charge in [0, 0.05) is 44.8 Å². The zero-order valence-electron chi connectivity index (χ0n) is 16.5. The number of rotatable bonds is 8. The maximum Gasteiger partial charge on any atom is 0.310 e. The summed E-state index contributed by atoms with van der Waals surface area (Å²) in [5, 5.41) is 0. The predicted molar refractivity (Wildman–Crippen MR) is 110 cm³/mol. The third-order valence-corrected chi connectivity index (χ3v) is 6.05. The quantitative estimate of drug-likeness (QED) is 0.630. The minimum atomic E-state index is -3.58. The number of hydrogen-bond acceptors (Lipinski definition) is 6. The zero-order valence-corrected chi connectivity index (χ0v) is 17.3. The number of piperazine rings is 1. The van der Waals surface area contributed by atoms with Gasteiger partial charge in [0.2, 0.25) is 0 Å². The molecule has 1 heterocycles. The van der Waals surface area contributed by atoms with Gasteiger partial charge in [-0.3, -0.25) is 9.80 Å². The van der Waals surface area contributed by atoms with Gasteiger partial charge in [0.25, 0.3) is 0 Å². The standard InChI is InChI=1S/C21H28N2O4S/c1-18-8-9-21(26-2)19(16-18)17-23-12-10-22(11-13-23)14-15-28(24,25)27-20-6-4-3-5-7-20/h3-9,16H,10-15,17H2,1-2H3. The molecule has 3 rings (SSSR count). The lowest BCUT2D eigenvalue weighted by Gasteiger charge is -2.34. The summed E-state index contributed by atoms with van der Waals surface area (Å²) in [7, 11) is -1.88. The van der Waals surface area contributed by atoms with Crippen LogP contribution in [-0.4, -0.2) is 63.8 Å². The number of ether oxygens (including phenoxy) is 1. The lowest BCUT2D eigenvalue weighted by Crippen LogP contribution is -2.47. The molecule has 0 bridgehead atoms. The van der Waals surface area contributed by atoms with Gasteiger partial charge in [0.1, 0.15) is 11.5 Å². The van der Waals surface area contributed by atoms with Gasteiger partial charge in [-0.2, -0.15) is 8.42 Å². The summed E-state index contributed by atoms with van der Waals surface area (Å²) in [6.07, 6.45) is 0. The van der Waals surface area contributed by atoms with Gasteiger partial charge >= 0.3 is 10.1 Å². The Hall–Kier alpha value is -2.09. The Balaban J connectivity index is 1.46. The molecule has 0 spiro atoms.